The Balaban J connectivity index is 2.14. The average molecular weight is 265 g/mol. The molecule has 1 N–H and O–H groups in total. The first-order valence-electron chi connectivity index (χ1n) is 6.71. The Hall–Kier alpha value is -0.670. The zero-order valence-corrected chi connectivity index (χ0v) is 12.3. The molecule has 0 bridgehead atoms. The van der Waals surface area contributed by atoms with Gasteiger partial charge < -0.3 is 0 Å². The fraction of sp³-hybridized carbons (Fsp3) is 0.600. The summed E-state index contributed by atoms with van der Waals surface area (Å²) in [5, 5.41) is 0. The molecule has 100 valence electrons. The number of nitrogens with one attached hydrogen (secondary N) is 1. The molecule has 0 saturated heterocycles. The highest BCUT2D eigenvalue weighted by Crippen LogP contribution is 2.38. The summed E-state index contributed by atoms with van der Waals surface area (Å²) in [4.78, 5) is 0. The molecular formula is C15H23NOS. The summed E-state index contributed by atoms with van der Waals surface area (Å²) in [5.41, 5.74) is 1.26. The van der Waals surface area contributed by atoms with Crippen LogP contribution >= 0.6 is 0 Å². The number of rotatable bonds is 4. The van der Waals surface area contributed by atoms with Gasteiger partial charge >= 0.3 is 0 Å². The van der Waals surface area contributed by atoms with Gasteiger partial charge in [-0.1, -0.05) is 36.8 Å². The summed E-state index contributed by atoms with van der Waals surface area (Å²) in [6, 6.07) is 10.7. The summed E-state index contributed by atoms with van der Waals surface area (Å²) in [6.45, 7) is 6.04. The second-order valence-corrected chi connectivity index (χ2v) is 8.08. The molecule has 0 aliphatic heterocycles. The molecule has 0 radical (unpaired) electrons. The van der Waals surface area contributed by atoms with Gasteiger partial charge in [0.15, 0.2) is 0 Å². The SMILES string of the molecule is CC(C)(C)S(=O)N[C@H](c1ccccc1)C1CCC1. The van der Waals surface area contributed by atoms with Gasteiger partial charge in [-0.05, 0) is 45.1 Å². The second kappa shape index (κ2) is 5.54. The Kier molecular flexibility index (Phi) is 4.23. The van der Waals surface area contributed by atoms with Crippen LogP contribution in [0.1, 0.15) is 51.6 Å². The lowest BCUT2D eigenvalue weighted by atomic mass is 9.77. The van der Waals surface area contributed by atoms with Crippen LogP contribution < -0.4 is 4.72 Å². The highest BCUT2D eigenvalue weighted by Gasteiger charge is 2.32. The Morgan fingerprint density at radius 1 is 1.22 bits per heavy atom. The van der Waals surface area contributed by atoms with Crippen LogP contribution in [0.5, 0.6) is 0 Å². The topological polar surface area (TPSA) is 29.1 Å². The fourth-order valence-electron chi connectivity index (χ4n) is 2.16. The van der Waals surface area contributed by atoms with Crippen molar-refractivity contribution < 1.29 is 4.21 Å². The van der Waals surface area contributed by atoms with Crippen molar-refractivity contribution in [2.75, 3.05) is 0 Å². The van der Waals surface area contributed by atoms with Gasteiger partial charge in [-0.25, -0.2) is 8.93 Å². The average Bonchev–Trinajstić information content (AvgIpc) is 2.25. The van der Waals surface area contributed by atoms with Crippen LogP contribution in [0, 0.1) is 5.92 Å². The maximum absolute atomic E-state index is 12.3. The van der Waals surface area contributed by atoms with Crippen LogP contribution in [0.3, 0.4) is 0 Å². The maximum Gasteiger partial charge on any atom is 0.0976 e. The van der Waals surface area contributed by atoms with Gasteiger partial charge in [0, 0.05) is 6.04 Å². The van der Waals surface area contributed by atoms with E-state index >= 15 is 0 Å². The molecule has 1 aromatic carbocycles. The molecule has 1 saturated carbocycles. The highest BCUT2D eigenvalue weighted by atomic mass is 32.2. The van der Waals surface area contributed by atoms with Gasteiger partial charge in [0.2, 0.25) is 0 Å². The van der Waals surface area contributed by atoms with Crippen LogP contribution in [0.15, 0.2) is 30.3 Å². The van der Waals surface area contributed by atoms with Crippen molar-refractivity contribution in [3.63, 3.8) is 0 Å². The number of hydrogen-bond donors (Lipinski definition) is 1. The van der Waals surface area contributed by atoms with Gasteiger partial charge in [-0.3, -0.25) is 0 Å². The van der Waals surface area contributed by atoms with E-state index in [0.29, 0.717) is 5.92 Å². The van der Waals surface area contributed by atoms with E-state index in [-0.39, 0.29) is 10.8 Å². The van der Waals surface area contributed by atoms with Crippen LogP contribution in [-0.2, 0) is 11.0 Å². The van der Waals surface area contributed by atoms with Gasteiger partial charge in [0.05, 0.1) is 15.7 Å². The van der Waals surface area contributed by atoms with E-state index in [1.54, 1.807) is 0 Å². The minimum absolute atomic E-state index is 0.212. The van der Waals surface area contributed by atoms with Crippen LogP contribution in [0.4, 0.5) is 0 Å². The minimum Gasteiger partial charge on any atom is -0.242 e. The predicted molar refractivity (Wildman–Crippen MR) is 77.6 cm³/mol. The van der Waals surface area contributed by atoms with E-state index in [1.165, 1.54) is 24.8 Å². The maximum atomic E-state index is 12.3. The Labute approximate surface area is 113 Å². The molecule has 2 nitrogen and oxygen atoms in total. The third-order valence-electron chi connectivity index (χ3n) is 3.57. The van der Waals surface area contributed by atoms with Crippen LogP contribution in [0.25, 0.3) is 0 Å². The van der Waals surface area contributed by atoms with E-state index in [4.69, 9.17) is 0 Å². The zero-order chi connectivity index (χ0) is 13.2. The van der Waals surface area contributed by atoms with Gasteiger partial charge in [-0.15, -0.1) is 0 Å². The number of hydrogen-bond acceptors (Lipinski definition) is 1. The Bertz CT molecular complexity index is 406. The zero-order valence-electron chi connectivity index (χ0n) is 11.5. The molecular weight excluding hydrogens is 242 g/mol. The standard InChI is InChI=1S/C15H23NOS/c1-15(2,3)18(17)16-14(13-10-7-11-13)12-8-5-4-6-9-12/h4-6,8-9,13-14,16H,7,10-11H2,1-3H3/t14-,18?/m1/s1. The summed E-state index contributed by atoms with van der Waals surface area (Å²) in [6.07, 6.45) is 3.79. The highest BCUT2D eigenvalue weighted by molar-refractivity contribution is 7.84. The first-order valence-corrected chi connectivity index (χ1v) is 7.86. The molecule has 1 fully saturated rings. The second-order valence-electron chi connectivity index (χ2n) is 6.08. The van der Waals surface area contributed by atoms with Crippen LogP contribution in [-0.4, -0.2) is 8.96 Å². The molecule has 0 spiro atoms. The largest absolute Gasteiger partial charge is 0.242 e. The van der Waals surface area contributed by atoms with E-state index in [9.17, 15) is 4.21 Å². The fourth-order valence-corrected chi connectivity index (χ4v) is 3.07. The lowest BCUT2D eigenvalue weighted by Crippen LogP contribution is -2.40. The lowest BCUT2D eigenvalue weighted by molar-refractivity contribution is 0.252. The van der Waals surface area contributed by atoms with Crippen molar-refractivity contribution in [1.82, 2.24) is 4.72 Å². The summed E-state index contributed by atoms with van der Waals surface area (Å²) < 4.78 is 15.4. The first-order chi connectivity index (χ1) is 8.48. The van der Waals surface area contributed by atoms with Crippen molar-refractivity contribution in [2.24, 2.45) is 5.92 Å². The Morgan fingerprint density at radius 3 is 2.28 bits per heavy atom. The smallest absolute Gasteiger partial charge is 0.0976 e. The third kappa shape index (κ3) is 3.21. The van der Waals surface area contributed by atoms with Crippen LogP contribution in [0.2, 0.25) is 0 Å². The molecule has 1 aliphatic rings. The van der Waals surface area contributed by atoms with Crippen molar-refractivity contribution in [1.29, 1.82) is 0 Å². The quantitative estimate of drug-likeness (QED) is 0.886. The van der Waals surface area contributed by atoms with Crippen molar-refractivity contribution in [2.45, 2.75) is 50.8 Å². The monoisotopic (exact) mass is 265 g/mol. The molecule has 0 amide bonds. The van der Waals surface area contributed by atoms with Gasteiger partial charge in [0.25, 0.3) is 0 Å². The predicted octanol–water partition coefficient (Wildman–Crippen LogP) is 3.58. The van der Waals surface area contributed by atoms with Gasteiger partial charge in [-0.2, -0.15) is 0 Å². The molecule has 2 rings (SSSR count). The Morgan fingerprint density at radius 2 is 1.83 bits per heavy atom. The van der Waals surface area contributed by atoms with E-state index < -0.39 is 11.0 Å². The molecule has 3 heteroatoms. The minimum atomic E-state index is -1.01. The molecule has 2 atom stereocenters. The molecule has 1 unspecified atom stereocenters. The normalized spacial score (nSPS) is 20.2. The molecule has 0 aromatic heterocycles. The van der Waals surface area contributed by atoms with Crippen molar-refractivity contribution >= 4 is 11.0 Å². The lowest BCUT2D eigenvalue weighted by Gasteiger charge is -2.35. The van der Waals surface area contributed by atoms with E-state index in [1.807, 2.05) is 26.8 Å². The van der Waals surface area contributed by atoms with E-state index in [0.717, 1.165) is 0 Å². The summed E-state index contributed by atoms with van der Waals surface area (Å²) in [5.74, 6) is 0.638. The molecule has 1 aromatic rings. The van der Waals surface area contributed by atoms with Crippen molar-refractivity contribution in [3.05, 3.63) is 35.9 Å². The molecule has 18 heavy (non-hydrogen) atoms. The van der Waals surface area contributed by atoms with E-state index in [2.05, 4.69) is 29.0 Å². The third-order valence-corrected chi connectivity index (χ3v) is 5.15. The summed E-state index contributed by atoms with van der Waals surface area (Å²) >= 11 is 0. The summed E-state index contributed by atoms with van der Waals surface area (Å²) in [7, 11) is -1.01. The van der Waals surface area contributed by atoms with Gasteiger partial charge in [0.1, 0.15) is 0 Å². The number of benzene rings is 1. The molecule has 0 heterocycles. The van der Waals surface area contributed by atoms with Crippen molar-refractivity contribution in [3.8, 4) is 0 Å². The first kappa shape index (κ1) is 13.8. The molecule has 1 aliphatic carbocycles.